The third-order valence-corrected chi connectivity index (χ3v) is 3.82. The summed E-state index contributed by atoms with van der Waals surface area (Å²) < 4.78 is 16.7. The van der Waals surface area contributed by atoms with Crippen LogP contribution in [0.3, 0.4) is 0 Å². The van der Waals surface area contributed by atoms with Gasteiger partial charge in [0.1, 0.15) is 5.75 Å². The average Bonchev–Trinajstić information content (AvgIpc) is 3.07. The maximum atomic E-state index is 12.7. The molecule has 8 nitrogen and oxygen atoms in total. The summed E-state index contributed by atoms with van der Waals surface area (Å²) in [5, 5.41) is 16.7. The summed E-state index contributed by atoms with van der Waals surface area (Å²) in [5.74, 6) is 1.14. The van der Waals surface area contributed by atoms with E-state index >= 15 is 0 Å². The molecule has 1 aliphatic rings. The number of hydrogen-bond acceptors (Lipinski definition) is 7. The first-order valence-corrected chi connectivity index (χ1v) is 7.94. The fourth-order valence-electron chi connectivity index (χ4n) is 2.59. The van der Waals surface area contributed by atoms with E-state index in [1.807, 2.05) is 6.07 Å². The summed E-state index contributed by atoms with van der Waals surface area (Å²) in [7, 11) is 0. The largest absolute Gasteiger partial charge is 0.481 e. The quantitative estimate of drug-likeness (QED) is 0.832. The average molecular weight is 342 g/mol. The second kappa shape index (κ2) is 7.32. The molecule has 1 saturated heterocycles. The molecule has 8 heteroatoms. The van der Waals surface area contributed by atoms with E-state index in [1.165, 1.54) is 0 Å². The normalized spacial score (nSPS) is 18.4. The number of benzene rings is 1. The van der Waals surface area contributed by atoms with Crippen LogP contribution in [0, 0.1) is 18.3 Å². The highest BCUT2D eigenvalue weighted by atomic mass is 16.5. The fraction of sp³-hybridized carbons (Fsp3) is 0.412. The lowest BCUT2D eigenvalue weighted by molar-refractivity contribution is -0.146. The minimum Gasteiger partial charge on any atom is -0.481 e. The highest BCUT2D eigenvalue weighted by molar-refractivity contribution is 5.81. The monoisotopic (exact) mass is 342 g/mol. The van der Waals surface area contributed by atoms with Gasteiger partial charge in [0.25, 0.3) is 5.91 Å². The topological polar surface area (TPSA) is 101 Å². The lowest BCUT2D eigenvalue weighted by Crippen LogP contribution is -2.47. The molecule has 1 fully saturated rings. The van der Waals surface area contributed by atoms with E-state index in [0.717, 1.165) is 0 Å². The highest BCUT2D eigenvalue weighted by Crippen LogP contribution is 2.22. The smallest absolute Gasteiger partial charge is 0.263 e. The molecule has 2 unspecified atom stereocenters. The molecule has 3 rings (SSSR count). The predicted molar refractivity (Wildman–Crippen MR) is 85.6 cm³/mol. The third kappa shape index (κ3) is 3.95. The van der Waals surface area contributed by atoms with Crippen molar-refractivity contribution in [1.29, 1.82) is 5.26 Å². The van der Waals surface area contributed by atoms with Gasteiger partial charge in [-0.15, -0.1) is 10.2 Å². The molecule has 0 saturated carbocycles. The second-order valence-corrected chi connectivity index (χ2v) is 5.70. The minimum atomic E-state index is -0.683. The van der Waals surface area contributed by atoms with Crippen LogP contribution in [0.1, 0.15) is 30.4 Å². The van der Waals surface area contributed by atoms with E-state index < -0.39 is 12.2 Å². The van der Waals surface area contributed by atoms with Gasteiger partial charge in [-0.05, 0) is 25.1 Å². The van der Waals surface area contributed by atoms with E-state index in [9.17, 15) is 4.79 Å². The molecule has 0 spiro atoms. The molecule has 130 valence electrons. The van der Waals surface area contributed by atoms with E-state index in [0.29, 0.717) is 42.8 Å². The van der Waals surface area contributed by atoms with Gasteiger partial charge in [-0.3, -0.25) is 4.79 Å². The third-order valence-electron chi connectivity index (χ3n) is 3.82. The van der Waals surface area contributed by atoms with Crippen LogP contribution in [0.2, 0.25) is 0 Å². The Bertz CT molecular complexity index is 798. The zero-order valence-electron chi connectivity index (χ0n) is 14.0. The second-order valence-electron chi connectivity index (χ2n) is 5.70. The van der Waals surface area contributed by atoms with Crippen LogP contribution in [-0.2, 0) is 9.53 Å². The Balaban J connectivity index is 1.64. The first-order chi connectivity index (χ1) is 12.1. The molecule has 2 atom stereocenters. The summed E-state index contributed by atoms with van der Waals surface area (Å²) in [6.45, 7) is 4.56. The molecule has 0 N–H and O–H groups in total. The van der Waals surface area contributed by atoms with Gasteiger partial charge >= 0.3 is 0 Å². The number of hydrogen-bond donors (Lipinski definition) is 0. The van der Waals surface area contributed by atoms with Crippen molar-refractivity contribution in [3.05, 3.63) is 41.6 Å². The van der Waals surface area contributed by atoms with Gasteiger partial charge < -0.3 is 18.8 Å². The van der Waals surface area contributed by atoms with Crippen molar-refractivity contribution < 1.29 is 18.7 Å². The first-order valence-electron chi connectivity index (χ1n) is 7.94. The van der Waals surface area contributed by atoms with Crippen molar-refractivity contribution in [1.82, 2.24) is 15.1 Å². The Hall–Kier alpha value is -2.92. The molecule has 1 aliphatic heterocycles. The van der Waals surface area contributed by atoms with Crippen molar-refractivity contribution in [3.63, 3.8) is 0 Å². The highest BCUT2D eigenvalue weighted by Gasteiger charge is 2.31. The van der Waals surface area contributed by atoms with Crippen LogP contribution in [-0.4, -0.2) is 46.8 Å². The number of rotatable bonds is 4. The van der Waals surface area contributed by atoms with Crippen molar-refractivity contribution in [2.24, 2.45) is 0 Å². The van der Waals surface area contributed by atoms with Gasteiger partial charge in [-0.1, -0.05) is 6.07 Å². The van der Waals surface area contributed by atoms with Crippen LogP contribution in [0.15, 0.2) is 28.7 Å². The van der Waals surface area contributed by atoms with Crippen molar-refractivity contribution >= 4 is 5.91 Å². The molecule has 0 radical (unpaired) electrons. The van der Waals surface area contributed by atoms with E-state index in [4.69, 9.17) is 19.2 Å². The molecular weight excluding hydrogens is 324 g/mol. The zero-order valence-corrected chi connectivity index (χ0v) is 14.0. The van der Waals surface area contributed by atoms with Crippen molar-refractivity contribution in [3.8, 4) is 11.8 Å². The summed E-state index contributed by atoms with van der Waals surface area (Å²) in [6, 6.07) is 8.76. The summed E-state index contributed by atoms with van der Waals surface area (Å²) in [6.07, 6.45) is -1.12. The lowest BCUT2D eigenvalue weighted by Gasteiger charge is -2.32. The number of aryl methyl sites for hydroxylation is 1. The molecule has 25 heavy (non-hydrogen) atoms. The number of aromatic nitrogens is 2. The van der Waals surface area contributed by atoms with Gasteiger partial charge in [-0.2, -0.15) is 5.26 Å². The zero-order chi connectivity index (χ0) is 17.8. The number of morpholine rings is 1. The number of amides is 1. The Morgan fingerprint density at radius 1 is 1.48 bits per heavy atom. The van der Waals surface area contributed by atoms with Crippen LogP contribution in [0.5, 0.6) is 5.75 Å². The molecular formula is C17H18N4O4. The van der Waals surface area contributed by atoms with Crippen molar-refractivity contribution in [2.45, 2.75) is 26.1 Å². The standard InChI is InChI=1S/C17H18N4O4/c1-11(24-14-5-3-4-13(8-14)9-18)17(22)21-6-7-23-15(10-21)16-20-19-12(2)25-16/h3-5,8,11,15H,6-7,10H2,1-2H3. The Kier molecular flexibility index (Phi) is 4.95. The van der Waals surface area contributed by atoms with Gasteiger partial charge in [0.05, 0.1) is 24.8 Å². The van der Waals surface area contributed by atoms with E-state index in [1.54, 1.807) is 43.0 Å². The number of carbonyl (C=O) groups excluding carboxylic acids is 1. The molecule has 2 heterocycles. The van der Waals surface area contributed by atoms with Crippen molar-refractivity contribution in [2.75, 3.05) is 19.7 Å². The number of carbonyl (C=O) groups is 1. The first kappa shape index (κ1) is 16.9. The summed E-state index contributed by atoms with van der Waals surface area (Å²) >= 11 is 0. The lowest BCUT2D eigenvalue weighted by atomic mass is 10.2. The summed E-state index contributed by atoms with van der Waals surface area (Å²) in [5.41, 5.74) is 0.482. The van der Waals surface area contributed by atoms with E-state index in [-0.39, 0.29) is 5.91 Å². The molecule has 0 bridgehead atoms. The van der Waals surface area contributed by atoms with Gasteiger partial charge in [0.15, 0.2) is 12.2 Å². The van der Waals surface area contributed by atoms with E-state index in [2.05, 4.69) is 10.2 Å². The SMILES string of the molecule is Cc1nnc(C2CN(C(=O)C(C)Oc3cccc(C#N)c3)CCO2)o1. The van der Waals surface area contributed by atoms with Crippen LogP contribution in [0.4, 0.5) is 0 Å². The Labute approximate surface area is 145 Å². The van der Waals surface area contributed by atoms with Crippen LogP contribution in [0.25, 0.3) is 0 Å². The Morgan fingerprint density at radius 2 is 2.32 bits per heavy atom. The molecule has 0 aliphatic carbocycles. The van der Waals surface area contributed by atoms with Gasteiger partial charge in [0, 0.05) is 13.5 Å². The molecule has 1 amide bonds. The minimum absolute atomic E-state index is 0.160. The number of nitriles is 1. The summed E-state index contributed by atoms with van der Waals surface area (Å²) in [4.78, 5) is 14.3. The van der Waals surface area contributed by atoms with Gasteiger partial charge in [-0.25, -0.2) is 0 Å². The van der Waals surface area contributed by atoms with Crippen LogP contribution < -0.4 is 4.74 Å². The maximum Gasteiger partial charge on any atom is 0.263 e. The maximum absolute atomic E-state index is 12.7. The molecule has 1 aromatic carbocycles. The molecule has 2 aromatic rings. The predicted octanol–water partition coefficient (Wildman–Crippen LogP) is 1.62. The fourth-order valence-corrected chi connectivity index (χ4v) is 2.59. The number of nitrogens with zero attached hydrogens (tertiary/aromatic N) is 4. The number of ether oxygens (including phenoxy) is 2. The Morgan fingerprint density at radius 3 is 3.04 bits per heavy atom. The molecule has 1 aromatic heterocycles. The van der Waals surface area contributed by atoms with Crippen LogP contribution >= 0.6 is 0 Å². The van der Waals surface area contributed by atoms with Gasteiger partial charge in [0.2, 0.25) is 11.8 Å².